The van der Waals surface area contributed by atoms with E-state index in [4.69, 9.17) is 6.42 Å². The van der Waals surface area contributed by atoms with E-state index in [1.807, 2.05) is 0 Å². The Labute approximate surface area is 112 Å². The summed E-state index contributed by atoms with van der Waals surface area (Å²) < 4.78 is 37.3. The van der Waals surface area contributed by atoms with E-state index in [1.54, 1.807) is 0 Å². The van der Waals surface area contributed by atoms with Gasteiger partial charge >= 0.3 is 6.18 Å². The Morgan fingerprint density at radius 1 is 1.26 bits per heavy atom. The Hall–Kier alpha value is -1.47. The molecule has 0 radical (unpaired) electrons. The van der Waals surface area contributed by atoms with Crippen LogP contribution < -0.4 is 5.32 Å². The first-order valence-electron chi connectivity index (χ1n) is 6.30. The third-order valence-corrected chi connectivity index (χ3v) is 2.81. The molecular formula is C15H18F3N. The highest BCUT2D eigenvalue weighted by atomic mass is 19.4. The molecule has 0 spiro atoms. The SMILES string of the molecule is C#CCC(Cc1ccc(C(F)(F)F)cc1)NCCC. The molecular weight excluding hydrogens is 251 g/mol. The summed E-state index contributed by atoms with van der Waals surface area (Å²) in [6.45, 7) is 2.91. The quantitative estimate of drug-likeness (QED) is 0.777. The summed E-state index contributed by atoms with van der Waals surface area (Å²) in [5.41, 5.74) is 0.239. The Kier molecular flexibility index (Phi) is 5.91. The van der Waals surface area contributed by atoms with E-state index in [9.17, 15) is 13.2 Å². The second-order valence-corrected chi connectivity index (χ2v) is 4.46. The van der Waals surface area contributed by atoms with Crippen LogP contribution in [0, 0.1) is 12.3 Å². The predicted molar refractivity (Wildman–Crippen MR) is 70.7 cm³/mol. The molecule has 0 aromatic heterocycles. The molecule has 0 aliphatic heterocycles. The van der Waals surface area contributed by atoms with Crippen LogP contribution in [0.25, 0.3) is 0 Å². The molecule has 1 rings (SSSR count). The van der Waals surface area contributed by atoms with Gasteiger partial charge in [0.2, 0.25) is 0 Å². The van der Waals surface area contributed by atoms with Crippen molar-refractivity contribution in [1.29, 1.82) is 0 Å². The zero-order valence-electron chi connectivity index (χ0n) is 10.9. The molecule has 0 bridgehead atoms. The highest BCUT2D eigenvalue weighted by Gasteiger charge is 2.29. The number of nitrogens with one attached hydrogen (secondary N) is 1. The van der Waals surface area contributed by atoms with Gasteiger partial charge in [0.05, 0.1) is 5.56 Å². The molecule has 1 aromatic carbocycles. The molecule has 104 valence electrons. The first kappa shape index (κ1) is 15.6. The number of benzene rings is 1. The van der Waals surface area contributed by atoms with Gasteiger partial charge < -0.3 is 5.32 Å². The van der Waals surface area contributed by atoms with Gasteiger partial charge in [-0.25, -0.2) is 0 Å². The Bertz CT molecular complexity index is 415. The number of halogens is 3. The van der Waals surface area contributed by atoms with Gasteiger partial charge in [-0.15, -0.1) is 12.3 Å². The molecule has 1 nitrogen and oxygen atoms in total. The standard InChI is InChI=1S/C15H18F3N/c1-3-5-14(19-10-4-2)11-12-6-8-13(9-7-12)15(16,17)18/h1,6-9,14,19H,4-5,10-11H2,2H3. The third kappa shape index (κ3) is 5.35. The minimum atomic E-state index is -4.28. The second-order valence-electron chi connectivity index (χ2n) is 4.46. The molecule has 0 heterocycles. The van der Waals surface area contributed by atoms with Crippen molar-refractivity contribution in [2.45, 2.75) is 38.4 Å². The average Bonchev–Trinajstić information content (AvgIpc) is 2.36. The number of terminal acetylenes is 1. The van der Waals surface area contributed by atoms with Crippen LogP contribution in [-0.2, 0) is 12.6 Å². The van der Waals surface area contributed by atoms with Crippen LogP contribution in [-0.4, -0.2) is 12.6 Å². The lowest BCUT2D eigenvalue weighted by Crippen LogP contribution is -2.31. The lowest BCUT2D eigenvalue weighted by Gasteiger charge is -2.16. The minimum Gasteiger partial charge on any atom is -0.313 e. The van der Waals surface area contributed by atoms with E-state index in [2.05, 4.69) is 18.2 Å². The smallest absolute Gasteiger partial charge is 0.313 e. The van der Waals surface area contributed by atoms with Crippen LogP contribution in [0.3, 0.4) is 0 Å². The van der Waals surface area contributed by atoms with Gasteiger partial charge in [-0.1, -0.05) is 19.1 Å². The summed E-state index contributed by atoms with van der Waals surface area (Å²) in [6.07, 6.45) is 3.22. The number of rotatable bonds is 6. The van der Waals surface area contributed by atoms with Gasteiger partial charge in [-0.3, -0.25) is 0 Å². The topological polar surface area (TPSA) is 12.0 Å². The summed E-state index contributed by atoms with van der Waals surface area (Å²) in [5.74, 6) is 2.59. The molecule has 0 amide bonds. The third-order valence-electron chi connectivity index (χ3n) is 2.81. The van der Waals surface area contributed by atoms with Crippen molar-refractivity contribution in [3.8, 4) is 12.3 Å². The fraction of sp³-hybridized carbons (Fsp3) is 0.467. The summed E-state index contributed by atoms with van der Waals surface area (Å²) in [5, 5.41) is 3.30. The Morgan fingerprint density at radius 3 is 2.37 bits per heavy atom. The van der Waals surface area contributed by atoms with Crippen molar-refractivity contribution in [2.24, 2.45) is 0 Å². The maximum atomic E-state index is 12.4. The fourth-order valence-electron chi connectivity index (χ4n) is 1.82. The first-order chi connectivity index (χ1) is 8.97. The van der Waals surface area contributed by atoms with E-state index >= 15 is 0 Å². The molecule has 1 N–H and O–H groups in total. The van der Waals surface area contributed by atoms with Gasteiger partial charge in [0.15, 0.2) is 0 Å². The van der Waals surface area contributed by atoms with Crippen LogP contribution in [0.1, 0.15) is 30.9 Å². The maximum Gasteiger partial charge on any atom is 0.416 e. The lowest BCUT2D eigenvalue weighted by atomic mass is 10.0. The summed E-state index contributed by atoms with van der Waals surface area (Å²) in [7, 11) is 0. The fourth-order valence-corrected chi connectivity index (χ4v) is 1.82. The first-order valence-corrected chi connectivity index (χ1v) is 6.30. The molecule has 0 aliphatic carbocycles. The monoisotopic (exact) mass is 269 g/mol. The number of hydrogen-bond donors (Lipinski definition) is 1. The van der Waals surface area contributed by atoms with Gasteiger partial charge in [0, 0.05) is 12.5 Å². The van der Waals surface area contributed by atoms with Crippen molar-refractivity contribution in [2.75, 3.05) is 6.54 Å². The Morgan fingerprint density at radius 2 is 1.89 bits per heavy atom. The highest BCUT2D eigenvalue weighted by Crippen LogP contribution is 2.29. The van der Waals surface area contributed by atoms with E-state index in [0.29, 0.717) is 12.8 Å². The van der Waals surface area contributed by atoms with Gasteiger partial charge in [0.1, 0.15) is 0 Å². The van der Waals surface area contributed by atoms with Gasteiger partial charge in [-0.2, -0.15) is 13.2 Å². The van der Waals surface area contributed by atoms with Crippen molar-refractivity contribution in [3.63, 3.8) is 0 Å². The summed E-state index contributed by atoms with van der Waals surface area (Å²) >= 11 is 0. The molecule has 19 heavy (non-hydrogen) atoms. The largest absolute Gasteiger partial charge is 0.416 e. The van der Waals surface area contributed by atoms with E-state index in [-0.39, 0.29) is 6.04 Å². The lowest BCUT2D eigenvalue weighted by molar-refractivity contribution is -0.137. The molecule has 1 unspecified atom stereocenters. The highest BCUT2D eigenvalue weighted by molar-refractivity contribution is 5.25. The zero-order chi connectivity index (χ0) is 14.3. The summed E-state index contributed by atoms with van der Waals surface area (Å²) in [4.78, 5) is 0. The van der Waals surface area contributed by atoms with Gasteiger partial charge in [-0.05, 0) is 37.1 Å². The van der Waals surface area contributed by atoms with Gasteiger partial charge in [0.25, 0.3) is 0 Å². The minimum absolute atomic E-state index is 0.113. The van der Waals surface area contributed by atoms with E-state index in [1.165, 1.54) is 12.1 Å². The molecule has 4 heteroatoms. The average molecular weight is 269 g/mol. The predicted octanol–water partition coefficient (Wildman–Crippen LogP) is 3.64. The molecule has 0 fully saturated rings. The van der Waals surface area contributed by atoms with Crippen LogP contribution in [0.15, 0.2) is 24.3 Å². The molecule has 0 aliphatic rings. The van der Waals surface area contributed by atoms with Crippen LogP contribution in [0.4, 0.5) is 13.2 Å². The zero-order valence-corrected chi connectivity index (χ0v) is 10.9. The van der Waals surface area contributed by atoms with Crippen molar-refractivity contribution >= 4 is 0 Å². The normalized spacial score (nSPS) is 13.0. The van der Waals surface area contributed by atoms with E-state index < -0.39 is 11.7 Å². The van der Waals surface area contributed by atoms with Crippen molar-refractivity contribution in [1.82, 2.24) is 5.32 Å². The molecule has 0 saturated heterocycles. The molecule has 1 atom stereocenters. The van der Waals surface area contributed by atoms with Crippen LogP contribution in [0.2, 0.25) is 0 Å². The second kappa shape index (κ2) is 7.20. The summed E-state index contributed by atoms with van der Waals surface area (Å²) in [6, 6.07) is 5.37. The van der Waals surface area contributed by atoms with Crippen molar-refractivity contribution in [3.05, 3.63) is 35.4 Å². The molecule has 0 saturated carbocycles. The van der Waals surface area contributed by atoms with E-state index in [0.717, 1.165) is 30.7 Å². The number of alkyl halides is 3. The van der Waals surface area contributed by atoms with Crippen molar-refractivity contribution < 1.29 is 13.2 Å². The Balaban J connectivity index is 2.67. The molecule has 1 aromatic rings. The number of hydrogen-bond acceptors (Lipinski definition) is 1. The maximum absolute atomic E-state index is 12.4. The van der Waals surface area contributed by atoms with Crippen LogP contribution in [0.5, 0.6) is 0 Å². The van der Waals surface area contributed by atoms with Crippen LogP contribution >= 0.6 is 0 Å².